The van der Waals surface area contributed by atoms with Gasteiger partial charge in [0.15, 0.2) is 0 Å². The number of nitrogens with two attached hydrogens (primary N) is 1. The van der Waals surface area contributed by atoms with Crippen LogP contribution in [0.4, 0.5) is 10.1 Å². The van der Waals surface area contributed by atoms with Crippen LogP contribution in [0, 0.1) is 5.82 Å². The summed E-state index contributed by atoms with van der Waals surface area (Å²) in [6.45, 7) is 1.52. The van der Waals surface area contributed by atoms with E-state index in [1.165, 1.54) is 19.1 Å². The van der Waals surface area contributed by atoms with Gasteiger partial charge in [-0.05, 0) is 25.1 Å². The summed E-state index contributed by atoms with van der Waals surface area (Å²) in [5.41, 5.74) is 5.38. The van der Waals surface area contributed by atoms with Crippen LogP contribution in [0.5, 0.6) is 0 Å². The van der Waals surface area contributed by atoms with Crippen LogP contribution in [-0.4, -0.2) is 11.9 Å². The summed E-state index contributed by atoms with van der Waals surface area (Å²) < 4.78 is 13.1. The third kappa shape index (κ3) is 2.68. The number of hydrogen-bond donors (Lipinski definition) is 2. The molecule has 0 unspecified atom stereocenters. The van der Waals surface area contributed by atoms with Crippen molar-refractivity contribution in [1.29, 1.82) is 0 Å². The van der Waals surface area contributed by atoms with Crippen LogP contribution in [0.2, 0.25) is 5.02 Å². The first-order valence-electron chi connectivity index (χ1n) is 4.02. The third-order valence-corrected chi connectivity index (χ3v) is 1.84. The number of anilines is 1. The molecule has 3 N–H and O–H groups in total. The molecule has 1 atom stereocenters. The maximum atomic E-state index is 13.1. The highest BCUT2D eigenvalue weighted by Gasteiger charge is 2.10. The van der Waals surface area contributed by atoms with Gasteiger partial charge in [-0.3, -0.25) is 4.79 Å². The van der Waals surface area contributed by atoms with Gasteiger partial charge in [-0.1, -0.05) is 11.6 Å². The average Bonchev–Trinajstić information content (AvgIpc) is 2.09. The number of benzene rings is 1. The molecular weight excluding hydrogens is 207 g/mol. The van der Waals surface area contributed by atoms with Crippen molar-refractivity contribution >= 4 is 23.2 Å². The summed E-state index contributed by atoms with van der Waals surface area (Å²) in [6, 6.07) is 3.32. The summed E-state index contributed by atoms with van der Waals surface area (Å²) >= 11 is 5.54. The van der Waals surface area contributed by atoms with Gasteiger partial charge in [0.1, 0.15) is 5.82 Å². The Morgan fingerprint density at radius 1 is 1.64 bits per heavy atom. The Morgan fingerprint density at radius 3 is 2.79 bits per heavy atom. The van der Waals surface area contributed by atoms with Crippen LogP contribution >= 0.6 is 11.6 Å². The van der Waals surface area contributed by atoms with Crippen LogP contribution in [0.25, 0.3) is 0 Å². The van der Waals surface area contributed by atoms with Gasteiger partial charge in [0.05, 0.1) is 11.7 Å². The second-order valence-electron chi connectivity index (χ2n) is 2.90. The molecule has 0 saturated carbocycles. The summed E-state index contributed by atoms with van der Waals surface area (Å²) in [7, 11) is 0. The van der Waals surface area contributed by atoms with E-state index in [0.29, 0.717) is 0 Å². The highest BCUT2D eigenvalue weighted by atomic mass is 35.5. The SMILES string of the molecule is C[C@H](N)C(=O)Nc1ccc(Cl)cc1F. The maximum absolute atomic E-state index is 13.1. The molecule has 0 spiro atoms. The third-order valence-electron chi connectivity index (χ3n) is 1.60. The Morgan fingerprint density at radius 2 is 2.29 bits per heavy atom. The highest BCUT2D eigenvalue weighted by Crippen LogP contribution is 2.18. The smallest absolute Gasteiger partial charge is 0.241 e. The first kappa shape index (κ1) is 10.9. The van der Waals surface area contributed by atoms with Crippen molar-refractivity contribution in [2.24, 2.45) is 5.73 Å². The van der Waals surface area contributed by atoms with Gasteiger partial charge in [-0.2, -0.15) is 0 Å². The molecule has 5 heteroatoms. The fourth-order valence-electron chi connectivity index (χ4n) is 0.837. The number of carbonyl (C=O) groups is 1. The lowest BCUT2D eigenvalue weighted by molar-refractivity contribution is -0.117. The molecule has 1 aromatic rings. The van der Waals surface area contributed by atoms with Crippen molar-refractivity contribution in [2.75, 3.05) is 5.32 Å². The normalized spacial score (nSPS) is 12.3. The number of rotatable bonds is 2. The van der Waals surface area contributed by atoms with Crippen LogP contribution in [-0.2, 0) is 4.79 Å². The van der Waals surface area contributed by atoms with E-state index in [-0.39, 0.29) is 10.7 Å². The molecule has 0 radical (unpaired) electrons. The highest BCUT2D eigenvalue weighted by molar-refractivity contribution is 6.30. The Kier molecular flexibility index (Phi) is 3.43. The van der Waals surface area contributed by atoms with E-state index in [1.807, 2.05) is 0 Å². The molecule has 1 aromatic carbocycles. The van der Waals surface area contributed by atoms with Gasteiger partial charge >= 0.3 is 0 Å². The molecule has 0 fully saturated rings. The standard InChI is InChI=1S/C9H10ClFN2O/c1-5(12)9(14)13-8-3-2-6(10)4-7(8)11/h2-5H,12H2,1H3,(H,13,14)/t5-/m0/s1. The largest absolute Gasteiger partial charge is 0.322 e. The lowest BCUT2D eigenvalue weighted by Crippen LogP contribution is -2.32. The van der Waals surface area contributed by atoms with Crippen LogP contribution in [0.1, 0.15) is 6.92 Å². The molecular formula is C9H10ClFN2O. The topological polar surface area (TPSA) is 55.1 Å². The number of hydrogen-bond acceptors (Lipinski definition) is 2. The van der Waals surface area contributed by atoms with Crippen molar-refractivity contribution in [2.45, 2.75) is 13.0 Å². The zero-order valence-electron chi connectivity index (χ0n) is 7.55. The van der Waals surface area contributed by atoms with E-state index < -0.39 is 17.8 Å². The zero-order chi connectivity index (χ0) is 10.7. The summed E-state index contributed by atoms with van der Waals surface area (Å²) in [5.74, 6) is -1.02. The van der Waals surface area contributed by atoms with Crippen molar-refractivity contribution in [3.63, 3.8) is 0 Å². The number of amides is 1. The molecule has 0 saturated heterocycles. The van der Waals surface area contributed by atoms with E-state index in [9.17, 15) is 9.18 Å². The minimum absolute atomic E-state index is 0.0803. The van der Waals surface area contributed by atoms with Gasteiger partial charge in [0.25, 0.3) is 0 Å². The molecule has 0 bridgehead atoms. The lowest BCUT2D eigenvalue weighted by atomic mass is 10.2. The van der Waals surface area contributed by atoms with Gasteiger partial charge in [0.2, 0.25) is 5.91 Å². The predicted octanol–water partition coefficient (Wildman–Crippen LogP) is 1.76. The van der Waals surface area contributed by atoms with E-state index in [4.69, 9.17) is 17.3 Å². The van der Waals surface area contributed by atoms with Crippen LogP contribution in [0.15, 0.2) is 18.2 Å². The van der Waals surface area contributed by atoms with Crippen LogP contribution in [0.3, 0.4) is 0 Å². The molecule has 0 heterocycles. The Bertz CT molecular complexity index is 355. The summed E-state index contributed by atoms with van der Waals surface area (Å²) in [4.78, 5) is 11.1. The summed E-state index contributed by atoms with van der Waals surface area (Å²) in [6.07, 6.45) is 0. The Labute approximate surface area is 86.0 Å². The molecule has 3 nitrogen and oxygen atoms in total. The average molecular weight is 217 g/mol. The number of carbonyl (C=O) groups excluding carboxylic acids is 1. The predicted molar refractivity (Wildman–Crippen MR) is 53.7 cm³/mol. The minimum atomic E-state index is -0.676. The van der Waals surface area contributed by atoms with Crippen molar-refractivity contribution < 1.29 is 9.18 Å². The van der Waals surface area contributed by atoms with Gasteiger partial charge in [-0.15, -0.1) is 0 Å². The number of nitrogens with one attached hydrogen (secondary N) is 1. The van der Waals surface area contributed by atoms with Crippen LogP contribution < -0.4 is 11.1 Å². The molecule has 14 heavy (non-hydrogen) atoms. The van der Waals surface area contributed by atoms with Gasteiger partial charge < -0.3 is 11.1 Å². The monoisotopic (exact) mass is 216 g/mol. The summed E-state index contributed by atoms with van der Waals surface area (Å²) in [5, 5.41) is 2.62. The molecule has 76 valence electrons. The van der Waals surface area contributed by atoms with E-state index in [2.05, 4.69) is 5.32 Å². The van der Waals surface area contributed by atoms with Crippen molar-refractivity contribution in [3.05, 3.63) is 29.0 Å². The molecule has 1 amide bonds. The maximum Gasteiger partial charge on any atom is 0.241 e. The molecule has 0 aliphatic rings. The Hall–Kier alpha value is -1.13. The second-order valence-corrected chi connectivity index (χ2v) is 3.34. The molecule has 1 rings (SSSR count). The fourth-order valence-corrected chi connectivity index (χ4v) is 0.996. The first-order valence-corrected chi connectivity index (χ1v) is 4.40. The van der Waals surface area contributed by atoms with Gasteiger partial charge in [0, 0.05) is 5.02 Å². The lowest BCUT2D eigenvalue weighted by Gasteiger charge is -2.08. The fraction of sp³-hybridized carbons (Fsp3) is 0.222. The van der Waals surface area contributed by atoms with E-state index in [1.54, 1.807) is 0 Å². The van der Waals surface area contributed by atoms with E-state index >= 15 is 0 Å². The van der Waals surface area contributed by atoms with Gasteiger partial charge in [-0.25, -0.2) is 4.39 Å². The quantitative estimate of drug-likeness (QED) is 0.792. The van der Waals surface area contributed by atoms with E-state index in [0.717, 1.165) is 6.07 Å². The molecule has 0 aromatic heterocycles. The molecule has 0 aliphatic carbocycles. The van der Waals surface area contributed by atoms with Crippen molar-refractivity contribution in [3.8, 4) is 0 Å². The minimum Gasteiger partial charge on any atom is -0.322 e. The van der Waals surface area contributed by atoms with Crippen molar-refractivity contribution in [1.82, 2.24) is 0 Å². The zero-order valence-corrected chi connectivity index (χ0v) is 8.31. The number of halogens is 2. The molecule has 0 aliphatic heterocycles. The Balaban J connectivity index is 2.82. The second kappa shape index (κ2) is 4.39. The first-order chi connectivity index (χ1) is 6.50.